The Hall–Kier alpha value is -2.76. The van der Waals surface area contributed by atoms with Crippen LogP contribution in [-0.2, 0) is 25.0 Å². The molecule has 4 fully saturated rings. The number of ether oxygens (including phenoxy) is 1. The summed E-state index contributed by atoms with van der Waals surface area (Å²) in [5, 5.41) is 13.0. The molecule has 7 atom stereocenters. The highest BCUT2D eigenvalue weighted by atomic mass is 32.2. The smallest absolute Gasteiger partial charge is 0.229 e. The first-order valence-corrected chi connectivity index (χ1v) is 17.4. The number of aliphatic hydroxyl groups is 1. The van der Waals surface area contributed by atoms with E-state index in [-0.39, 0.29) is 17.4 Å². The molecule has 43 heavy (non-hydrogen) atoms. The molecular formula is C33H42N4O5S. The molecule has 5 aliphatic heterocycles. The lowest BCUT2D eigenvalue weighted by molar-refractivity contribution is -0.132. The molecule has 1 unspecified atom stereocenters. The molecule has 1 amide bonds. The molecule has 5 heterocycles. The number of sulfonamides is 1. The topological polar surface area (TPSA) is 111 Å². The summed E-state index contributed by atoms with van der Waals surface area (Å²) < 4.78 is 30.7. The van der Waals surface area contributed by atoms with Crippen LogP contribution >= 0.6 is 0 Å². The Kier molecular flexibility index (Phi) is 7.21. The summed E-state index contributed by atoms with van der Waals surface area (Å²) in [5.74, 6) is 1.35. The van der Waals surface area contributed by atoms with Crippen molar-refractivity contribution in [2.24, 2.45) is 11.8 Å². The fourth-order valence-corrected chi connectivity index (χ4v) is 9.53. The molecule has 3 saturated heterocycles. The van der Waals surface area contributed by atoms with Crippen molar-refractivity contribution in [1.82, 2.24) is 10.2 Å². The number of rotatable bonds is 6. The summed E-state index contributed by atoms with van der Waals surface area (Å²) in [7, 11) is -3.26. The van der Waals surface area contributed by atoms with Gasteiger partial charge in [-0.2, -0.15) is 0 Å². The van der Waals surface area contributed by atoms with Crippen molar-refractivity contribution in [3.63, 3.8) is 0 Å². The highest BCUT2D eigenvalue weighted by Crippen LogP contribution is 2.65. The Morgan fingerprint density at radius 2 is 1.91 bits per heavy atom. The zero-order chi connectivity index (χ0) is 30.1. The van der Waals surface area contributed by atoms with Crippen molar-refractivity contribution in [1.29, 1.82) is 0 Å². The van der Waals surface area contributed by atoms with E-state index in [0.29, 0.717) is 55.2 Å². The van der Waals surface area contributed by atoms with Gasteiger partial charge in [0.2, 0.25) is 15.9 Å². The molecule has 8 rings (SSSR count). The standard InChI is InChI=1S/C21H22N2O2.C12H20N2O3S/c24-18-10-16-19-13-9-17-21(6-7-22(17)11-12(13)5-8-25-16)14-3-1-2-4-15(14)23(18)20(19)21;1-9(2)13-8-12(15)10-4-6-11(7-5-10)14-18(3,16)17/h1-5,13,16-17,19-20H,6-11H2;4-7,9,12-15H,8H2,1-3H3/t13-,16-,17-,19-,20-,21+;/m0./s1. The molecule has 230 valence electrons. The number of carbonyl (C=O) groups excluding carboxylic acids is 1. The van der Waals surface area contributed by atoms with Gasteiger partial charge in [0.15, 0.2) is 0 Å². The van der Waals surface area contributed by atoms with Crippen molar-refractivity contribution in [3.05, 3.63) is 71.3 Å². The Morgan fingerprint density at radius 1 is 1.14 bits per heavy atom. The van der Waals surface area contributed by atoms with E-state index in [1.54, 1.807) is 29.8 Å². The van der Waals surface area contributed by atoms with E-state index in [2.05, 4.69) is 50.2 Å². The number of amides is 1. The number of nitrogens with zero attached hydrogens (tertiary/aromatic N) is 2. The largest absolute Gasteiger partial charge is 0.387 e. The molecule has 10 heteroatoms. The third kappa shape index (κ3) is 4.82. The zero-order valence-corrected chi connectivity index (χ0v) is 25.9. The third-order valence-electron chi connectivity index (χ3n) is 10.5. The predicted octanol–water partition coefficient (Wildman–Crippen LogP) is 3.18. The first-order chi connectivity index (χ1) is 20.6. The molecule has 6 aliphatic rings. The van der Waals surface area contributed by atoms with Crippen molar-refractivity contribution in [3.8, 4) is 0 Å². The molecule has 0 aromatic heterocycles. The van der Waals surface area contributed by atoms with E-state index in [1.807, 2.05) is 13.8 Å². The second kappa shape index (κ2) is 10.7. The van der Waals surface area contributed by atoms with E-state index < -0.39 is 16.1 Å². The Bertz CT molecular complexity index is 1540. The summed E-state index contributed by atoms with van der Waals surface area (Å²) in [6.45, 7) is 7.45. The van der Waals surface area contributed by atoms with Crippen LogP contribution < -0.4 is 14.9 Å². The maximum absolute atomic E-state index is 13.2. The summed E-state index contributed by atoms with van der Waals surface area (Å²) in [6.07, 6.45) is 5.93. The van der Waals surface area contributed by atoms with Gasteiger partial charge in [0.25, 0.3) is 0 Å². The maximum Gasteiger partial charge on any atom is 0.229 e. The van der Waals surface area contributed by atoms with E-state index in [9.17, 15) is 18.3 Å². The van der Waals surface area contributed by atoms with Gasteiger partial charge in [0.05, 0.1) is 37.5 Å². The molecule has 2 aromatic carbocycles. The second-order valence-corrected chi connectivity index (χ2v) is 15.1. The molecule has 1 aliphatic carbocycles. The van der Waals surface area contributed by atoms with E-state index in [0.717, 1.165) is 18.4 Å². The number of fused-ring (bicyclic) bond motifs is 2. The normalized spacial score (nSPS) is 32.4. The highest BCUT2D eigenvalue weighted by molar-refractivity contribution is 7.92. The predicted molar refractivity (Wildman–Crippen MR) is 166 cm³/mol. The Balaban J connectivity index is 0.000000150. The van der Waals surface area contributed by atoms with Gasteiger partial charge < -0.3 is 20.1 Å². The maximum atomic E-state index is 13.2. The van der Waals surface area contributed by atoms with Crippen molar-refractivity contribution in [2.75, 3.05) is 42.1 Å². The van der Waals surface area contributed by atoms with Crippen LogP contribution in [0.4, 0.5) is 11.4 Å². The van der Waals surface area contributed by atoms with Gasteiger partial charge in [0.1, 0.15) is 0 Å². The monoisotopic (exact) mass is 606 g/mol. The minimum absolute atomic E-state index is 0.104. The van der Waals surface area contributed by atoms with Gasteiger partial charge in [0, 0.05) is 47.9 Å². The lowest BCUT2D eigenvalue weighted by Gasteiger charge is -2.58. The van der Waals surface area contributed by atoms with Gasteiger partial charge >= 0.3 is 0 Å². The molecule has 2 bridgehead atoms. The van der Waals surface area contributed by atoms with Crippen molar-refractivity contribution in [2.45, 2.75) is 68.9 Å². The first-order valence-electron chi connectivity index (χ1n) is 15.5. The zero-order valence-electron chi connectivity index (χ0n) is 25.1. The van der Waals surface area contributed by atoms with E-state index >= 15 is 0 Å². The quantitative estimate of drug-likeness (QED) is 0.434. The van der Waals surface area contributed by atoms with Crippen LogP contribution in [0.1, 0.15) is 50.3 Å². The number of carbonyl (C=O) groups is 1. The minimum Gasteiger partial charge on any atom is -0.387 e. The lowest BCUT2D eigenvalue weighted by Crippen LogP contribution is -2.69. The molecule has 0 radical (unpaired) electrons. The Morgan fingerprint density at radius 3 is 2.65 bits per heavy atom. The number of aliphatic hydroxyl groups excluding tert-OH is 1. The summed E-state index contributed by atoms with van der Waals surface area (Å²) in [4.78, 5) is 18.1. The van der Waals surface area contributed by atoms with Crippen LogP contribution in [0.25, 0.3) is 0 Å². The Labute approximate surface area is 254 Å². The fourth-order valence-electron chi connectivity index (χ4n) is 8.96. The molecule has 9 nitrogen and oxygen atoms in total. The molecule has 3 N–H and O–H groups in total. The molecule has 2 aromatic rings. The molecular weight excluding hydrogens is 564 g/mol. The van der Waals surface area contributed by atoms with Crippen LogP contribution in [0.15, 0.2) is 60.2 Å². The SMILES string of the molecule is CC(C)NCC(O)c1ccc(NS(C)(=O)=O)cc1.O=C1C[C@@H]2OCC=C3CN4CC[C@]56c7ccccc7N1[C@H]5[C@H]2[C@H]3C[C@H]46. The number of nitrogens with one attached hydrogen (secondary N) is 2. The third-order valence-corrected chi connectivity index (χ3v) is 11.1. The second-order valence-electron chi connectivity index (χ2n) is 13.4. The van der Waals surface area contributed by atoms with Crippen LogP contribution in [0.3, 0.4) is 0 Å². The molecule has 1 saturated carbocycles. The van der Waals surface area contributed by atoms with Gasteiger partial charge in [-0.15, -0.1) is 0 Å². The van der Waals surface area contributed by atoms with Gasteiger partial charge in [-0.1, -0.05) is 55.8 Å². The van der Waals surface area contributed by atoms with E-state index in [1.165, 1.54) is 30.6 Å². The average molecular weight is 607 g/mol. The number of hydrogen-bond donors (Lipinski definition) is 3. The van der Waals surface area contributed by atoms with Crippen LogP contribution in [0.5, 0.6) is 0 Å². The van der Waals surface area contributed by atoms with Crippen molar-refractivity contribution < 1.29 is 23.1 Å². The van der Waals surface area contributed by atoms with Gasteiger partial charge in [-0.3, -0.25) is 14.4 Å². The first kappa shape index (κ1) is 29.0. The number of hydrogen-bond acceptors (Lipinski definition) is 7. The minimum atomic E-state index is -3.26. The summed E-state index contributed by atoms with van der Waals surface area (Å²) >= 11 is 0. The summed E-state index contributed by atoms with van der Waals surface area (Å²) in [6, 6.07) is 16.6. The number of piperidine rings is 2. The van der Waals surface area contributed by atoms with Gasteiger partial charge in [-0.05, 0) is 54.6 Å². The number of para-hydroxylation sites is 1. The highest BCUT2D eigenvalue weighted by Gasteiger charge is 2.70. The lowest BCUT2D eigenvalue weighted by atomic mass is 9.53. The van der Waals surface area contributed by atoms with E-state index in [4.69, 9.17) is 4.74 Å². The van der Waals surface area contributed by atoms with Crippen LogP contribution in [0, 0.1) is 11.8 Å². The van der Waals surface area contributed by atoms with Crippen LogP contribution in [0.2, 0.25) is 0 Å². The summed E-state index contributed by atoms with van der Waals surface area (Å²) in [5.41, 5.74) is 5.60. The van der Waals surface area contributed by atoms with Gasteiger partial charge in [-0.25, -0.2) is 8.42 Å². The number of anilines is 2. The molecule has 1 spiro atoms. The van der Waals surface area contributed by atoms with Crippen molar-refractivity contribution >= 4 is 27.3 Å². The van der Waals surface area contributed by atoms with Crippen LogP contribution in [-0.4, -0.2) is 81.1 Å². The number of benzene rings is 2. The average Bonchev–Trinajstić information content (AvgIpc) is 3.44. The fraction of sp³-hybridized carbons (Fsp3) is 0.545.